The summed E-state index contributed by atoms with van der Waals surface area (Å²) in [4.78, 5) is 10.1. The second-order valence-electron chi connectivity index (χ2n) is 4.69. The fourth-order valence-electron chi connectivity index (χ4n) is 1.99. The van der Waals surface area contributed by atoms with Crippen molar-refractivity contribution in [1.29, 1.82) is 0 Å². The van der Waals surface area contributed by atoms with Gasteiger partial charge in [0.05, 0.1) is 0 Å². The Morgan fingerprint density at radius 3 is 2.38 bits per heavy atom. The molecule has 0 aliphatic rings. The van der Waals surface area contributed by atoms with Crippen molar-refractivity contribution in [3.05, 3.63) is 66.2 Å². The lowest BCUT2D eigenvalue weighted by Crippen LogP contribution is -1.97. The Bertz CT molecular complexity index is 757. The number of nitrogen functional groups attached to an aromatic ring is 1. The van der Waals surface area contributed by atoms with Crippen molar-refractivity contribution in [3.8, 4) is 11.4 Å². The molecule has 2 aromatic carbocycles. The van der Waals surface area contributed by atoms with Gasteiger partial charge in [-0.05, 0) is 18.6 Å². The zero-order valence-electron chi connectivity index (χ0n) is 11.7. The topological polar surface area (TPSA) is 51.8 Å². The molecule has 1 heterocycles. The summed E-state index contributed by atoms with van der Waals surface area (Å²) < 4.78 is 0. The number of rotatable bonds is 3. The van der Waals surface area contributed by atoms with Crippen LogP contribution in [0.5, 0.6) is 0 Å². The lowest BCUT2D eigenvalue weighted by atomic mass is 10.2. The summed E-state index contributed by atoms with van der Waals surface area (Å²) in [6.45, 7) is 2.09. The SMILES string of the molecule is Cc1ccccc1Sc1cc(N)nc(-c2ccccc2)n1. The molecule has 0 radical (unpaired) electrons. The van der Waals surface area contributed by atoms with Crippen LogP contribution in [0.25, 0.3) is 11.4 Å². The van der Waals surface area contributed by atoms with Crippen LogP contribution in [0.2, 0.25) is 0 Å². The molecule has 0 bridgehead atoms. The van der Waals surface area contributed by atoms with E-state index < -0.39 is 0 Å². The Hall–Kier alpha value is -2.33. The van der Waals surface area contributed by atoms with E-state index in [1.165, 1.54) is 10.5 Å². The van der Waals surface area contributed by atoms with E-state index in [0.717, 1.165) is 10.6 Å². The summed E-state index contributed by atoms with van der Waals surface area (Å²) in [6.07, 6.45) is 0. The normalized spacial score (nSPS) is 10.5. The molecule has 0 saturated heterocycles. The number of nitrogens with two attached hydrogens (primary N) is 1. The highest BCUT2D eigenvalue weighted by molar-refractivity contribution is 7.99. The molecule has 0 fully saturated rings. The standard InChI is InChI=1S/C17H15N3S/c1-12-7-5-6-10-14(12)21-16-11-15(18)19-17(20-16)13-8-3-2-4-9-13/h2-11H,1H3,(H2,18,19,20). The molecule has 0 saturated carbocycles. The molecular weight excluding hydrogens is 278 g/mol. The summed E-state index contributed by atoms with van der Waals surface area (Å²) in [7, 11) is 0. The minimum Gasteiger partial charge on any atom is -0.384 e. The van der Waals surface area contributed by atoms with Crippen LogP contribution < -0.4 is 5.73 Å². The summed E-state index contributed by atoms with van der Waals surface area (Å²) in [5.41, 5.74) is 8.12. The summed E-state index contributed by atoms with van der Waals surface area (Å²) in [5.74, 6) is 1.15. The average Bonchev–Trinajstić information content (AvgIpc) is 2.50. The second-order valence-corrected chi connectivity index (χ2v) is 5.75. The van der Waals surface area contributed by atoms with E-state index in [2.05, 4.69) is 29.0 Å². The first-order valence-corrected chi connectivity index (χ1v) is 7.47. The van der Waals surface area contributed by atoms with Crippen molar-refractivity contribution in [2.24, 2.45) is 0 Å². The van der Waals surface area contributed by atoms with Crippen LogP contribution in [-0.4, -0.2) is 9.97 Å². The van der Waals surface area contributed by atoms with Crippen molar-refractivity contribution < 1.29 is 0 Å². The fraction of sp³-hybridized carbons (Fsp3) is 0.0588. The van der Waals surface area contributed by atoms with E-state index in [-0.39, 0.29) is 0 Å². The maximum atomic E-state index is 5.92. The van der Waals surface area contributed by atoms with E-state index >= 15 is 0 Å². The molecule has 0 unspecified atom stereocenters. The van der Waals surface area contributed by atoms with E-state index in [4.69, 9.17) is 5.73 Å². The van der Waals surface area contributed by atoms with Gasteiger partial charge < -0.3 is 5.73 Å². The zero-order chi connectivity index (χ0) is 14.7. The third-order valence-corrected chi connectivity index (χ3v) is 4.16. The maximum Gasteiger partial charge on any atom is 0.162 e. The molecule has 2 N–H and O–H groups in total. The first kappa shape index (κ1) is 13.6. The Morgan fingerprint density at radius 2 is 1.62 bits per heavy atom. The van der Waals surface area contributed by atoms with Crippen LogP contribution in [0.1, 0.15) is 5.56 Å². The van der Waals surface area contributed by atoms with Gasteiger partial charge >= 0.3 is 0 Å². The maximum absolute atomic E-state index is 5.92. The van der Waals surface area contributed by atoms with E-state index in [0.29, 0.717) is 11.6 Å². The van der Waals surface area contributed by atoms with Crippen LogP contribution in [0, 0.1) is 6.92 Å². The Morgan fingerprint density at radius 1 is 0.905 bits per heavy atom. The van der Waals surface area contributed by atoms with Gasteiger partial charge in [-0.25, -0.2) is 9.97 Å². The summed E-state index contributed by atoms with van der Waals surface area (Å²) >= 11 is 1.61. The average molecular weight is 293 g/mol. The van der Waals surface area contributed by atoms with Crippen LogP contribution >= 0.6 is 11.8 Å². The van der Waals surface area contributed by atoms with Gasteiger partial charge in [0, 0.05) is 16.5 Å². The molecule has 0 atom stereocenters. The predicted molar refractivity (Wildman–Crippen MR) is 87.2 cm³/mol. The molecule has 104 valence electrons. The lowest BCUT2D eigenvalue weighted by Gasteiger charge is -2.07. The van der Waals surface area contributed by atoms with Gasteiger partial charge in [0.15, 0.2) is 5.82 Å². The molecule has 3 aromatic rings. The molecule has 1 aromatic heterocycles. The number of hydrogen-bond acceptors (Lipinski definition) is 4. The number of benzene rings is 2. The third-order valence-electron chi connectivity index (χ3n) is 3.06. The van der Waals surface area contributed by atoms with E-state index in [1.54, 1.807) is 11.8 Å². The van der Waals surface area contributed by atoms with Crippen molar-refractivity contribution >= 4 is 17.6 Å². The van der Waals surface area contributed by atoms with Crippen molar-refractivity contribution in [1.82, 2.24) is 9.97 Å². The molecule has 0 aliphatic heterocycles. The number of anilines is 1. The lowest BCUT2D eigenvalue weighted by molar-refractivity contribution is 1.06. The minimum absolute atomic E-state index is 0.486. The van der Waals surface area contributed by atoms with Gasteiger partial charge in [0.2, 0.25) is 0 Å². The first-order chi connectivity index (χ1) is 10.2. The van der Waals surface area contributed by atoms with Crippen LogP contribution in [-0.2, 0) is 0 Å². The summed E-state index contributed by atoms with van der Waals surface area (Å²) in [6, 6.07) is 19.9. The fourth-order valence-corrected chi connectivity index (χ4v) is 2.91. The molecule has 3 rings (SSSR count). The van der Waals surface area contributed by atoms with Crippen LogP contribution in [0.3, 0.4) is 0 Å². The highest BCUT2D eigenvalue weighted by atomic mass is 32.2. The highest BCUT2D eigenvalue weighted by Gasteiger charge is 2.07. The largest absolute Gasteiger partial charge is 0.384 e. The van der Waals surface area contributed by atoms with E-state index in [9.17, 15) is 0 Å². The molecule has 4 heteroatoms. The van der Waals surface area contributed by atoms with Gasteiger partial charge in [-0.3, -0.25) is 0 Å². The van der Waals surface area contributed by atoms with Crippen molar-refractivity contribution in [2.75, 3.05) is 5.73 Å². The quantitative estimate of drug-likeness (QED) is 0.736. The van der Waals surface area contributed by atoms with Crippen LogP contribution in [0.4, 0.5) is 5.82 Å². The summed E-state index contributed by atoms with van der Waals surface area (Å²) in [5, 5.41) is 0.857. The Labute approximate surface area is 128 Å². The monoisotopic (exact) mass is 293 g/mol. The highest BCUT2D eigenvalue weighted by Crippen LogP contribution is 2.30. The third kappa shape index (κ3) is 3.23. The molecular formula is C17H15N3S. The van der Waals surface area contributed by atoms with Gasteiger partial charge in [0.1, 0.15) is 10.8 Å². The zero-order valence-corrected chi connectivity index (χ0v) is 12.5. The first-order valence-electron chi connectivity index (χ1n) is 6.66. The van der Waals surface area contributed by atoms with Crippen molar-refractivity contribution in [2.45, 2.75) is 16.8 Å². The Kier molecular flexibility index (Phi) is 3.88. The minimum atomic E-state index is 0.486. The molecule has 0 spiro atoms. The van der Waals surface area contributed by atoms with Crippen LogP contribution in [0.15, 0.2) is 70.6 Å². The number of hydrogen-bond donors (Lipinski definition) is 1. The predicted octanol–water partition coefficient (Wildman–Crippen LogP) is 4.19. The molecule has 3 nitrogen and oxygen atoms in total. The van der Waals surface area contributed by atoms with Crippen molar-refractivity contribution in [3.63, 3.8) is 0 Å². The van der Waals surface area contributed by atoms with Gasteiger partial charge in [0.25, 0.3) is 0 Å². The number of nitrogens with zero attached hydrogens (tertiary/aromatic N) is 2. The van der Waals surface area contributed by atoms with Gasteiger partial charge in [-0.2, -0.15) is 0 Å². The number of aryl methyl sites for hydroxylation is 1. The Balaban J connectivity index is 1.97. The smallest absolute Gasteiger partial charge is 0.162 e. The second kappa shape index (κ2) is 5.97. The molecule has 21 heavy (non-hydrogen) atoms. The molecule has 0 aliphatic carbocycles. The van der Waals surface area contributed by atoms with E-state index in [1.807, 2.05) is 48.5 Å². The van der Waals surface area contributed by atoms with Gasteiger partial charge in [-0.15, -0.1) is 0 Å². The van der Waals surface area contributed by atoms with Gasteiger partial charge in [-0.1, -0.05) is 60.3 Å². The molecule has 0 amide bonds. The number of aromatic nitrogens is 2.